The molecule has 3 fully saturated rings. The van der Waals surface area contributed by atoms with Gasteiger partial charge in [0.2, 0.25) is 0 Å². The Morgan fingerprint density at radius 1 is 1.19 bits per heavy atom. The van der Waals surface area contributed by atoms with Crippen LogP contribution in [0.1, 0.15) is 95.8 Å². The van der Waals surface area contributed by atoms with E-state index in [9.17, 15) is 4.79 Å². The van der Waals surface area contributed by atoms with Crippen molar-refractivity contribution in [3.05, 3.63) is 35.8 Å². The number of rotatable bonds is 7. The Balaban J connectivity index is 1.44. The molecule has 1 heterocycles. The smallest absolute Gasteiger partial charge is 0.311 e. The number of nitrogens with two attached hydrogens (primary N) is 1. The van der Waals surface area contributed by atoms with Gasteiger partial charge in [0.15, 0.2) is 5.76 Å². The molecule has 0 unspecified atom stereocenters. The zero-order chi connectivity index (χ0) is 22.8. The Labute approximate surface area is 194 Å². The first kappa shape index (κ1) is 23.6. The van der Waals surface area contributed by atoms with Crippen LogP contribution in [0.25, 0.3) is 0 Å². The van der Waals surface area contributed by atoms with Crippen molar-refractivity contribution in [1.29, 1.82) is 0 Å². The van der Waals surface area contributed by atoms with Gasteiger partial charge in [-0.15, -0.1) is 0 Å². The molecule has 4 atom stereocenters. The van der Waals surface area contributed by atoms with E-state index >= 15 is 0 Å². The summed E-state index contributed by atoms with van der Waals surface area (Å²) in [6.07, 6.45) is 16.2. The Kier molecular flexibility index (Phi) is 7.19. The van der Waals surface area contributed by atoms with E-state index in [0.717, 1.165) is 56.9 Å². The van der Waals surface area contributed by atoms with Gasteiger partial charge in [0, 0.05) is 0 Å². The lowest BCUT2D eigenvalue weighted by Crippen LogP contribution is -2.88. The molecule has 1 aromatic rings. The monoisotopic (exact) mass is 442 g/mol. The van der Waals surface area contributed by atoms with Crippen molar-refractivity contribution in [1.82, 2.24) is 0 Å². The largest absolute Gasteiger partial charge is 0.469 e. The maximum atomic E-state index is 12.8. The number of methoxy groups -OCH3 is 1. The van der Waals surface area contributed by atoms with Crippen LogP contribution in [0.3, 0.4) is 0 Å². The number of allylic oxidation sites excluding steroid dienone is 1. The molecular formula is C28H44NO3+. The lowest BCUT2D eigenvalue weighted by atomic mass is 9.46. The number of hydrogen-bond acceptors (Lipinski definition) is 3. The van der Waals surface area contributed by atoms with Gasteiger partial charge in [-0.25, -0.2) is 0 Å². The highest BCUT2D eigenvalue weighted by Crippen LogP contribution is 2.62. The summed E-state index contributed by atoms with van der Waals surface area (Å²) in [6.45, 7) is 10.1. The van der Waals surface area contributed by atoms with Gasteiger partial charge in [-0.2, -0.15) is 0 Å². The Morgan fingerprint density at radius 3 is 2.72 bits per heavy atom. The van der Waals surface area contributed by atoms with Gasteiger partial charge in [0.25, 0.3) is 0 Å². The minimum atomic E-state index is -0.365. The quantitative estimate of drug-likeness (QED) is 0.444. The molecule has 0 aromatic carbocycles. The predicted octanol–water partition coefficient (Wildman–Crippen LogP) is 5.56. The van der Waals surface area contributed by atoms with Crippen LogP contribution >= 0.6 is 0 Å². The number of carbonyl (C=O) groups excluding carboxylic acids is 1. The fraction of sp³-hybridized carbons (Fsp3) is 0.750. The molecule has 3 saturated carbocycles. The average Bonchev–Trinajstić information content (AvgIpc) is 3.24. The number of ether oxygens (including phenoxy) is 1. The number of carbonyl (C=O) groups is 1. The number of aryl methyl sites for hydroxylation is 1. The Bertz CT molecular complexity index is 807. The number of quaternary nitrogens is 1. The van der Waals surface area contributed by atoms with Crippen molar-refractivity contribution in [3.63, 3.8) is 0 Å². The average molecular weight is 443 g/mol. The first-order valence-electron chi connectivity index (χ1n) is 13.0. The minimum Gasteiger partial charge on any atom is -0.469 e. The summed E-state index contributed by atoms with van der Waals surface area (Å²) >= 11 is 0. The SMILES string of the molecule is C=C1CC[C@H]2[C@](C)(CCC[C@]2(C)C(=O)OC)[C@H]1CCc1ccoc1C[NH2+]C1CCCCC1. The van der Waals surface area contributed by atoms with E-state index in [0.29, 0.717) is 11.8 Å². The van der Waals surface area contributed by atoms with Gasteiger partial charge in [0.05, 0.1) is 24.8 Å². The van der Waals surface area contributed by atoms with E-state index in [2.05, 4.69) is 31.8 Å². The van der Waals surface area contributed by atoms with Crippen LogP contribution in [0.2, 0.25) is 0 Å². The number of esters is 1. The van der Waals surface area contributed by atoms with Crippen molar-refractivity contribution >= 4 is 5.97 Å². The zero-order valence-corrected chi connectivity index (χ0v) is 20.6. The summed E-state index contributed by atoms with van der Waals surface area (Å²) in [5.74, 6) is 1.96. The molecule has 3 aliphatic rings. The Hall–Kier alpha value is -1.55. The molecular weight excluding hydrogens is 398 g/mol. The van der Waals surface area contributed by atoms with E-state index in [1.54, 1.807) is 7.11 Å². The molecule has 4 nitrogen and oxygen atoms in total. The molecule has 178 valence electrons. The van der Waals surface area contributed by atoms with Crippen molar-refractivity contribution in [2.24, 2.45) is 22.7 Å². The summed E-state index contributed by atoms with van der Waals surface area (Å²) in [4.78, 5) is 12.8. The summed E-state index contributed by atoms with van der Waals surface area (Å²) in [6, 6.07) is 2.94. The molecule has 0 saturated heterocycles. The van der Waals surface area contributed by atoms with Gasteiger partial charge in [-0.1, -0.05) is 31.9 Å². The van der Waals surface area contributed by atoms with Gasteiger partial charge in [-0.3, -0.25) is 4.79 Å². The lowest BCUT2D eigenvalue weighted by molar-refractivity contribution is -0.708. The molecule has 0 radical (unpaired) electrons. The van der Waals surface area contributed by atoms with Crippen molar-refractivity contribution in [3.8, 4) is 0 Å². The second-order valence-electron chi connectivity index (χ2n) is 11.3. The van der Waals surface area contributed by atoms with E-state index in [4.69, 9.17) is 9.15 Å². The van der Waals surface area contributed by atoms with Crippen LogP contribution in [0.5, 0.6) is 0 Å². The van der Waals surface area contributed by atoms with E-state index in [-0.39, 0.29) is 16.8 Å². The standard InChI is InChI=1S/C28H43NO3/c1-20-11-14-25-27(2,16-8-17-28(25,3)26(30)31-4)23(20)13-12-21-15-18-32-24(21)19-29-22-9-6-5-7-10-22/h15,18,22-23,25,29H,1,5-14,16-17,19H2,2-4H3/p+1/t23-,25-,27+,28-/m0/s1. The maximum absolute atomic E-state index is 12.8. The third kappa shape index (κ3) is 4.44. The second kappa shape index (κ2) is 9.75. The normalized spacial score (nSPS) is 33.7. The maximum Gasteiger partial charge on any atom is 0.311 e. The molecule has 0 spiro atoms. The van der Waals surface area contributed by atoms with Crippen molar-refractivity contribution in [2.75, 3.05) is 7.11 Å². The third-order valence-electron chi connectivity index (χ3n) is 9.50. The molecule has 32 heavy (non-hydrogen) atoms. The van der Waals surface area contributed by atoms with Crippen LogP contribution < -0.4 is 5.32 Å². The van der Waals surface area contributed by atoms with Crippen LogP contribution in [0.4, 0.5) is 0 Å². The van der Waals surface area contributed by atoms with Gasteiger partial charge >= 0.3 is 5.97 Å². The highest BCUT2D eigenvalue weighted by molar-refractivity contribution is 5.77. The van der Waals surface area contributed by atoms with Gasteiger partial charge < -0.3 is 14.5 Å². The van der Waals surface area contributed by atoms with Gasteiger partial charge in [0.1, 0.15) is 6.54 Å². The van der Waals surface area contributed by atoms with Crippen LogP contribution in [0, 0.1) is 22.7 Å². The minimum absolute atomic E-state index is 0.0185. The molecule has 4 heteroatoms. The molecule has 3 aliphatic carbocycles. The van der Waals surface area contributed by atoms with Crippen LogP contribution in [0.15, 0.2) is 28.9 Å². The van der Waals surface area contributed by atoms with E-state index in [1.165, 1.54) is 49.7 Å². The first-order chi connectivity index (χ1) is 15.4. The predicted molar refractivity (Wildman–Crippen MR) is 127 cm³/mol. The first-order valence-corrected chi connectivity index (χ1v) is 13.0. The summed E-state index contributed by atoms with van der Waals surface area (Å²) < 4.78 is 11.2. The number of furan rings is 1. The molecule has 0 bridgehead atoms. The highest BCUT2D eigenvalue weighted by atomic mass is 16.5. The highest BCUT2D eigenvalue weighted by Gasteiger charge is 2.57. The second-order valence-corrected chi connectivity index (χ2v) is 11.3. The van der Waals surface area contributed by atoms with Crippen LogP contribution in [-0.4, -0.2) is 19.1 Å². The fourth-order valence-electron chi connectivity index (χ4n) is 7.67. The third-order valence-corrected chi connectivity index (χ3v) is 9.50. The molecule has 1 aromatic heterocycles. The topological polar surface area (TPSA) is 56.0 Å². The molecule has 0 amide bonds. The molecule has 2 N–H and O–H groups in total. The summed E-state index contributed by atoms with van der Waals surface area (Å²) in [5.41, 5.74) is 2.50. The lowest BCUT2D eigenvalue weighted by Gasteiger charge is -2.57. The van der Waals surface area contributed by atoms with Gasteiger partial charge in [-0.05, 0) is 100 Å². The van der Waals surface area contributed by atoms with E-state index < -0.39 is 0 Å². The van der Waals surface area contributed by atoms with E-state index in [1.807, 2.05) is 6.26 Å². The molecule has 0 aliphatic heterocycles. The van der Waals surface area contributed by atoms with Crippen molar-refractivity contribution in [2.45, 2.75) is 103 Å². The fourth-order valence-corrected chi connectivity index (χ4v) is 7.67. The summed E-state index contributed by atoms with van der Waals surface area (Å²) in [7, 11) is 1.55. The zero-order valence-electron chi connectivity index (χ0n) is 20.6. The van der Waals surface area contributed by atoms with Crippen LogP contribution in [-0.2, 0) is 22.5 Å². The Morgan fingerprint density at radius 2 is 1.97 bits per heavy atom. The summed E-state index contributed by atoms with van der Waals surface area (Å²) in [5, 5.41) is 2.50. The number of hydrogen-bond donors (Lipinski definition) is 1. The van der Waals surface area contributed by atoms with Crippen molar-refractivity contribution < 1.29 is 19.3 Å². The molecule has 4 rings (SSSR count). The number of fused-ring (bicyclic) bond motifs is 1.